The molecule has 1 fully saturated rings. The monoisotopic (exact) mass is 225 g/mol. The van der Waals surface area contributed by atoms with Crippen molar-refractivity contribution >= 4 is 11.6 Å². The van der Waals surface area contributed by atoms with Crippen LogP contribution in [0.15, 0.2) is 24.3 Å². The molecule has 0 aromatic heterocycles. The molecule has 1 atom stereocenters. The van der Waals surface area contributed by atoms with E-state index in [9.17, 15) is 5.11 Å². The Morgan fingerprint density at radius 2 is 2.07 bits per heavy atom. The van der Waals surface area contributed by atoms with E-state index in [1.807, 2.05) is 24.3 Å². The van der Waals surface area contributed by atoms with Crippen LogP contribution in [0.4, 0.5) is 0 Å². The highest BCUT2D eigenvalue weighted by Crippen LogP contribution is 2.20. The van der Waals surface area contributed by atoms with Crippen LogP contribution < -0.4 is 0 Å². The van der Waals surface area contributed by atoms with Crippen LogP contribution in [0.3, 0.4) is 0 Å². The highest BCUT2D eigenvalue weighted by molar-refractivity contribution is 6.30. The highest BCUT2D eigenvalue weighted by Gasteiger charge is 2.16. The van der Waals surface area contributed by atoms with Crippen LogP contribution in [-0.2, 0) is 0 Å². The molecule has 0 spiro atoms. The van der Waals surface area contributed by atoms with Crippen LogP contribution in [0, 0.1) is 0 Å². The molecule has 82 valence electrons. The summed E-state index contributed by atoms with van der Waals surface area (Å²) in [5.41, 5.74) is 0.911. The molecule has 0 bridgehead atoms. The van der Waals surface area contributed by atoms with Gasteiger partial charge in [0.1, 0.15) is 0 Å². The average molecular weight is 226 g/mol. The lowest BCUT2D eigenvalue weighted by molar-refractivity contribution is 0.126. The highest BCUT2D eigenvalue weighted by atomic mass is 35.5. The molecular weight excluding hydrogens is 210 g/mol. The van der Waals surface area contributed by atoms with E-state index in [2.05, 4.69) is 4.90 Å². The maximum Gasteiger partial charge on any atom is 0.0917 e. The van der Waals surface area contributed by atoms with Gasteiger partial charge in [0.15, 0.2) is 0 Å². The Kier molecular flexibility index (Phi) is 3.62. The first-order chi connectivity index (χ1) is 7.25. The first-order valence-electron chi connectivity index (χ1n) is 5.41. The Balaban J connectivity index is 1.97. The molecule has 2 rings (SSSR count). The fourth-order valence-electron chi connectivity index (χ4n) is 2.03. The zero-order chi connectivity index (χ0) is 10.7. The van der Waals surface area contributed by atoms with Gasteiger partial charge in [0.05, 0.1) is 6.10 Å². The quantitative estimate of drug-likeness (QED) is 0.855. The van der Waals surface area contributed by atoms with Gasteiger partial charge in [-0.3, -0.25) is 0 Å². The lowest BCUT2D eigenvalue weighted by Crippen LogP contribution is -2.25. The summed E-state index contributed by atoms with van der Waals surface area (Å²) in [6.07, 6.45) is 2.09. The van der Waals surface area contributed by atoms with Crippen molar-refractivity contribution in [3.05, 3.63) is 34.9 Å². The van der Waals surface area contributed by atoms with Crippen LogP contribution in [0.2, 0.25) is 5.02 Å². The second kappa shape index (κ2) is 4.97. The van der Waals surface area contributed by atoms with Gasteiger partial charge in [-0.2, -0.15) is 0 Å². The van der Waals surface area contributed by atoms with Gasteiger partial charge in [0.25, 0.3) is 0 Å². The minimum absolute atomic E-state index is 0.415. The van der Waals surface area contributed by atoms with E-state index in [4.69, 9.17) is 11.6 Å². The largest absolute Gasteiger partial charge is 0.387 e. The summed E-state index contributed by atoms with van der Waals surface area (Å²) in [7, 11) is 0. The van der Waals surface area contributed by atoms with Crippen LogP contribution in [0.25, 0.3) is 0 Å². The molecule has 0 radical (unpaired) electrons. The van der Waals surface area contributed by atoms with Crippen molar-refractivity contribution in [2.45, 2.75) is 18.9 Å². The molecule has 2 nitrogen and oxygen atoms in total. The number of likely N-dealkylation sites (tertiary alicyclic amines) is 1. The number of benzene rings is 1. The molecule has 1 saturated heterocycles. The Hall–Kier alpha value is -0.570. The second-order valence-corrected chi connectivity index (χ2v) is 4.51. The van der Waals surface area contributed by atoms with Gasteiger partial charge in [-0.15, -0.1) is 0 Å². The number of nitrogens with zero attached hydrogens (tertiary/aromatic N) is 1. The third-order valence-electron chi connectivity index (χ3n) is 2.86. The first-order valence-corrected chi connectivity index (χ1v) is 5.79. The lowest BCUT2D eigenvalue weighted by atomic mass is 10.1. The Labute approximate surface area is 95.5 Å². The molecule has 0 aliphatic carbocycles. The van der Waals surface area contributed by atoms with E-state index in [1.54, 1.807) is 0 Å². The standard InChI is InChI=1S/C12H16ClNO/c13-11-5-3-4-10(8-11)12(15)9-14-6-1-2-7-14/h3-5,8,12,15H,1-2,6-7,9H2. The van der Waals surface area contributed by atoms with Gasteiger partial charge in [0.2, 0.25) is 0 Å². The number of hydrogen-bond acceptors (Lipinski definition) is 2. The van der Waals surface area contributed by atoms with Crippen LogP contribution in [0.5, 0.6) is 0 Å². The molecule has 1 aliphatic heterocycles. The predicted octanol–water partition coefficient (Wildman–Crippen LogP) is 2.47. The van der Waals surface area contributed by atoms with E-state index in [-0.39, 0.29) is 0 Å². The molecule has 0 saturated carbocycles. The number of rotatable bonds is 3. The smallest absolute Gasteiger partial charge is 0.0917 e. The van der Waals surface area contributed by atoms with E-state index in [0.717, 1.165) is 25.2 Å². The molecule has 1 unspecified atom stereocenters. The molecule has 1 aromatic carbocycles. The van der Waals surface area contributed by atoms with Gasteiger partial charge in [-0.25, -0.2) is 0 Å². The van der Waals surface area contributed by atoms with Crippen molar-refractivity contribution in [1.82, 2.24) is 4.90 Å². The van der Waals surface area contributed by atoms with Crippen LogP contribution >= 0.6 is 11.6 Å². The summed E-state index contributed by atoms with van der Waals surface area (Å²) in [6.45, 7) is 2.94. The third-order valence-corrected chi connectivity index (χ3v) is 3.10. The summed E-state index contributed by atoms with van der Waals surface area (Å²) < 4.78 is 0. The lowest BCUT2D eigenvalue weighted by Gasteiger charge is -2.19. The van der Waals surface area contributed by atoms with Crippen molar-refractivity contribution in [2.75, 3.05) is 19.6 Å². The summed E-state index contributed by atoms with van der Waals surface area (Å²) in [4.78, 5) is 2.30. The summed E-state index contributed by atoms with van der Waals surface area (Å²) in [6, 6.07) is 7.47. The Bertz CT molecular complexity index is 323. The molecule has 1 heterocycles. The fourth-order valence-corrected chi connectivity index (χ4v) is 2.23. The van der Waals surface area contributed by atoms with Gasteiger partial charge in [-0.05, 0) is 43.6 Å². The van der Waals surface area contributed by atoms with Gasteiger partial charge in [-0.1, -0.05) is 23.7 Å². The molecule has 0 amide bonds. The van der Waals surface area contributed by atoms with Crippen LogP contribution in [-0.4, -0.2) is 29.6 Å². The predicted molar refractivity (Wildman–Crippen MR) is 62.1 cm³/mol. The zero-order valence-electron chi connectivity index (χ0n) is 8.69. The SMILES string of the molecule is OC(CN1CCCC1)c1cccc(Cl)c1. The number of halogens is 1. The zero-order valence-corrected chi connectivity index (χ0v) is 9.45. The van der Waals surface area contributed by atoms with Crippen molar-refractivity contribution < 1.29 is 5.11 Å². The summed E-state index contributed by atoms with van der Waals surface area (Å²) in [5.74, 6) is 0. The van der Waals surface area contributed by atoms with Crippen molar-refractivity contribution in [3.63, 3.8) is 0 Å². The van der Waals surface area contributed by atoms with Crippen molar-refractivity contribution in [1.29, 1.82) is 0 Å². The maximum absolute atomic E-state index is 10.0. The topological polar surface area (TPSA) is 23.5 Å². The number of aliphatic hydroxyl groups excluding tert-OH is 1. The summed E-state index contributed by atoms with van der Waals surface area (Å²) in [5, 5.41) is 10.7. The molecule has 1 aromatic rings. The van der Waals surface area contributed by atoms with E-state index in [1.165, 1.54) is 12.8 Å². The normalized spacial score (nSPS) is 19.3. The minimum atomic E-state index is -0.415. The van der Waals surface area contributed by atoms with Crippen molar-refractivity contribution in [2.24, 2.45) is 0 Å². The molecule has 1 N–H and O–H groups in total. The van der Waals surface area contributed by atoms with Gasteiger partial charge >= 0.3 is 0 Å². The van der Waals surface area contributed by atoms with E-state index >= 15 is 0 Å². The fraction of sp³-hybridized carbons (Fsp3) is 0.500. The van der Waals surface area contributed by atoms with E-state index in [0.29, 0.717) is 5.02 Å². The molecule has 3 heteroatoms. The number of β-amino-alcohol motifs (C(OH)–C–C–N with tert-alkyl or cyclic N) is 1. The van der Waals surface area contributed by atoms with Crippen molar-refractivity contribution in [3.8, 4) is 0 Å². The second-order valence-electron chi connectivity index (χ2n) is 4.08. The van der Waals surface area contributed by atoms with Gasteiger partial charge in [0, 0.05) is 11.6 Å². The molecule has 1 aliphatic rings. The minimum Gasteiger partial charge on any atom is -0.387 e. The van der Waals surface area contributed by atoms with Gasteiger partial charge < -0.3 is 10.0 Å². The maximum atomic E-state index is 10.0. The molecular formula is C12H16ClNO. The number of hydrogen-bond donors (Lipinski definition) is 1. The average Bonchev–Trinajstić information content (AvgIpc) is 2.70. The number of aliphatic hydroxyl groups is 1. The Morgan fingerprint density at radius 3 is 2.73 bits per heavy atom. The Morgan fingerprint density at radius 1 is 1.33 bits per heavy atom. The molecule has 15 heavy (non-hydrogen) atoms. The first kappa shape index (κ1) is 10.9. The van der Waals surface area contributed by atoms with Crippen LogP contribution in [0.1, 0.15) is 24.5 Å². The van der Waals surface area contributed by atoms with E-state index < -0.39 is 6.10 Å². The summed E-state index contributed by atoms with van der Waals surface area (Å²) >= 11 is 5.88. The third kappa shape index (κ3) is 2.94.